The molecule has 0 fully saturated rings. The second-order valence-corrected chi connectivity index (χ2v) is 4.23. The van der Waals surface area contributed by atoms with Crippen molar-refractivity contribution >= 4 is 22.6 Å². The van der Waals surface area contributed by atoms with Crippen LogP contribution in [0.25, 0.3) is 0 Å². The molecule has 1 aliphatic carbocycles. The van der Waals surface area contributed by atoms with Crippen molar-refractivity contribution in [3.63, 3.8) is 0 Å². The molecule has 1 nitrogen and oxygen atoms in total. The maximum absolute atomic E-state index is 5.87. The van der Waals surface area contributed by atoms with Crippen LogP contribution in [0, 0.1) is 5.92 Å². The van der Waals surface area contributed by atoms with E-state index in [-0.39, 0.29) is 3.55 Å². The lowest BCUT2D eigenvalue weighted by molar-refractivity contribution is 0.602. The molecule has 0 saturated heterocycles. The number of hydrogen-bond donors (Lipinski definition) is 1. The van der Waals surface area contributed by atoms with Crippen LogP contribution in [-0.2, 0) is 0 Å². The summed E-state index contributed by atoms with van der Waals surface area (Å²) in [5.41, 5.74) is 5.87. The molecule has 1 rings (SSSR count). The van der Waals surface area contributed by atoms with Crippen molar-refractivity contribution in [3.05, 3.63) is 24.3 Å². The van der Waals surface area contributed by atoms with Crippen LogP contribution >= 0.6 is 22.6 Å². The molecule has 50 valence electrons. The highest BCUT2D eigenvalue weighted by Crippen LogP contribution is 2.27. The first-order valence-electron chi connectivity index (χ1n) is 2.97. The predicted molar refractivity (Wildman–Crippen MR) is 48.4 cm³/mol. The quantitative estimate of drug-likeness (QED) is 0.387. The van der Waals surface area contributed by atoms with Crippen molar-refractivity contribution in [2.24, 2.45) is 11.7 Å². The van der Waals surface area contributed by atoms with Gasteiger partial charge >= 0.3 is 0 Å². The predicted octanol–water partition coefficient (Wildman–Crippen LogP) is 1.84. The van der Waals surface area contributed by atoms with Gasteiger partial charge in [0.1, 0.15) is 0 Å². The Morgan fingerprint density at radius 1 is 1.56 bits per heavy atom. The Hall–Kier alpha value is 0.170. The van der Waals surface area contributed by atoms with E-state index in [4.69, 9.17) is 5.73 Å². The minimum absolute atomic E-state index is 0.160. The molecule has 9 heavy (non-hydrogen) atoms. The molecule has 0 amide bonds. The van der Waals surface area contributed by atoms with Crippen LogP contribution in [0.2, 0.25) is 0 Å². The monoisotopic (exact) mass is 235 g/mol. The summed E-state index contributed by atoms with van der Waals surface area (Å²) < 4.78 is -0.160. The number of halogens is 1. The summed E-state index contributed by atoms with van der Waals surface area (Å²) in [5, 5.41) is 0. The fraction of sp³-hybridized carbons (Fsp3) is 0.429. The molecule has 0 aromatic rings. The van der Waals surface area contributed by atoms with Crippen molar-refractivity contribution in [1.82, 2.24) is 0 Å². The Kier molecular flexibility index (Phi) is 1.96. The molecule has 0 bridgehead atoms. The van der Waals surface area contributed by atoms with Gasteiger partial charge in [-0.05, 0) is 0 Å². The smallest absolute Gasteiger partial charge is 0.0929 e. The van der Waals surface area contributed by atoms with Gasteiger partial charge in [-0.2, -0.15) is 0 Å². The van der Waals surface area contributed by atoms with E-state index in [1.165, 1.54) is 0 Å². The Labute approximate surface area is 69.1 Å². The molecule has 1 aliphatic rings. The van der Waals surface area contributed by atoms with E-state index in [0.29, 0.717) is 5.92 Å². The van der Waals surface area contributed by atoms with Crippen LogP contribution in [0.5, 0.6) is 0 Å². The van der Waals surface area contributed by atoms with E-state index in [1.54, 1.807) is 0 Å². The SMILES string of the molecule is CC1C=CC=CC1(N)I. The molecule has 0 heterocycles. The van der Waals surface area contributed by atoms with Crippen LogP contribution in [0.3, 0.4) is 0 Å². The van der Waals surface area contributed by atoms with E-state index in [1.807, 2.05) is 18.2 Å². The molecule has 2 unspecified atom stereocenters. The molecular formula is C7H10IN. The van der Waals surface area contributed by atoms with Gasteiger partial charge in [-0.25, -0.2) is 0 Å². The number of hydrogen-bond acceptors (Lipinski definition) is 1. The van der Waals surface area contributed by atoms with Crippen molar-refractivity contribution in [2.45, 2.75) is 10.5 Å². The van der Waals surface area contributed by atoms with Crippen molar-refractivity contribution in [2.75, 3.05) is 0 Å². The zero-order chi connectivity index (χ0) is 6.91. The topological polar surface area (TPSA) is 26.0 Å². The van der Waals surface area contributed by atoms with Gasteiger partial charge in [0.05, 0.1) is 3.55 Å². The van der Waals surface area contributed by atoms with Gasteiger partial charge in [0.2, 0.25) is 0 Å². The maximum Gasteiger partial charge on any atom is 0.0929 e. The van der Waals surface area contributed by atoms with Crippen molar-refractivity contribution in [3.8, 4) is 0 Å². The minimum atomic E-state index is -0.160. The van der Waals surface area contributed by atoms with Gasteiger partial charge in [-0.1, -0.05) is 53.8 Å². The molecule has 0 aromatic carbocycles. The highest BCUT2D eigenvalue weighted by molar-refractivity contribution is 14.1. The molecule has 2 N–H and O–H groups in total. The second-order valence-electron chi connectivity index (χ2n) is 2.36. The summed E-state index contributed by atoms with van der Waals surface area (Å²) in [7, 11) is 0. The van der Waals surface area contributed by atoms with Gasteiger partial charge in [0, 0.05) is 5.92 Å². The van der Waals surface area contributed by atoms with Crippen molar-refractivity contribution in [1.29, 1.82) is 0 Å². The highest BCUT2D eigenvalue weighted by Gasteiger charge is 2.24. The lowest BCUT2D eigenvalue weighted by Gasteiger charge is -2.25. The molecule has 0 aromatic heterocycles. The van der Waals surface area contributed by atoms with E-state index in [9.17, 15) is 0 Å². The Balaban J connectivity index is 2.78. The lowest BCUT2D eigenvalue weighted by Crippen LogP contribution is -2.37. The third kappa shape index (κ3) is 1.55. The normalized spacial score (nSPS) is 41.4. The number of rotatable bonds is 0. The summed E-state index contributed by atoms with van der Waals surface area (Å²) in [5.74, 6) is 0.447. The maximum atomic E-state index is 5.87. The van der Waals surface area contributed by atoms with Crippen LogP contribution in [0.1, 0.15) is 6.92 Å². The van der Waals surface area contributed by atoms with Gasteiger partial charge in [0.15, 0.2) is 0 Å². The fourth-order valence-electron chi connectivity index (χ4n) is 0.733. The van der Waals surface area contributed by atoms with Crippen molar-refractivity contribution < 1.29 is 0 Å². The van der Waals surface area contributed by atoms with Crippen LogP contribution in [0.15, 0.2) is 24.3 Å². The van der Waals surface area contributed by atoms with Crippen LogP contribution < -0.4 is 5.73 Å². The molecule has 0 saturated carbocycles. The van der Waals surface area contributed by atoms with E-state index in [2.05, 4.69) is 35.6 Å². The first-order chi connectivity index (χ1) is 4.13. The number of alkyl halides is 1. The number of nitrogens with two attached hydrogens (primary N) is 1. The van der Waals surface area contributed by atoms with E-state index < -0.39 is 0 Å². The second kappa shape index (κ2) is 2.42. The summed E-state index contributed by atoms with van der Waals surface area (Å²) >= 11 is 2.26. The summed E-state index contributed by atoms with van der Waals surface area (Å²) in [6.07, 6.45) is 8.17. The molecule has 0 aliphatic heterocycles. The van der Waals surface area contributed by atoms with Gasteiger partial charge in [-0.15, -0.1) is 0 Å². The molecule has 2 atom stereocenters. The molecule has 2 heteroatoms. The van der Waals surface area contributed by atoms with E-state index in [0.717, 1.165) is 0 Å². The van der Waals surface area contributed by atoms with Gasteiger partial charge in [-0.3, -0.25) is 0 Å². The largest absolute Gasteiger partial charge is 0.313 e. The first kappa shape index (κ1) is 7.28. The summed E-state index contributed by atoms with van der Waals surface area (Å²) in [6, 6.07) is 0. The minimum Gasteiger partial charge on any atom is -0.313 e. The van der Waals surface area contributed by atoms with Crippen LogP contribution in [0.4, 0.5) is 0 Å². The summed E-state index contributed by atoms with van der Waals surface area (Å²) in [6.45, 7) is 2.12. The van der Waals surface area contributed by atoms with Gasteiger partial charge < -0.3 is 5.73 Å². The van der Waals surface area contributed by atoms with Gasteiger partial charge in [0.25, 0.3) is 0 Å². The summed E-state index contributed by atoms with van der Waals surface area (Å²) in [4.78, 5) is 0. The zero-order valence-electron chi connectivity index (χ0n) is 5.34. The molecular weight excluding hydrogens is 225 g/mol. The average molecular weight is 235 g/mol. The van der Waals surface area contributed by atoms with Crippen LogP contribution in [-0.4, -0.2) is 3.55 Å². The third-order valence-corrected chi connectivity index (χ3v) is 2.90. The third-order valence-electron chi connectivity index (χ3n) is 1.56. The van der Waals surface area contributed by atoms with E-state index >= 15 is 0 Å². The lowest BCUT2D eigenvalue weighted by atomic mass is 9.98. The molecule has 0 radical (unpaired) electrons. The Bertz CT molecular complexity index is 158. The zero-order valence-corrected chi connectivity index (χ0v) is 7.50. The first-order valence-corrected chi connectivity index (χ1v) is 4.04. The Morgan fingerprint density at radius 3 is 2.56 bits per heavy atom. The average Bonchev–Trinajstić information content (AvgIpc) is 1.77. The Morgan fingerprint density at radius 2 is 2.22 bits per heavy atom. The standard InChI is InChI=1S/C7H10IN/c1-6-4-2-3-5-7(6,8)9/h2-6H,9H2,1H3. The fourth-order valence-corrected chi connectivity index (χ4v) is 1.15. The molecule has 0 spiro atoms. The number of allylic oxidation sites excluding steroid dienone is 2. The highest BCUT2D eigenvalue weighted by atomic mass is 127.